The summed E-state index contributed by atoms with van der Waals surface area (Å²) in [7, 11) is 1.92. The van der Waals surface area contributed by atoms with Gasteiger partial charge in [-0.15, -0.1) is 0 Å². The number of hydrogen-bond acceptors (Lipinski definition) is 3. The monoisotopic (exact) mass is 366 g/mol. The zero-order chi connectivity index (χ0) is 18.7. The van der Waals surface area contributed by atoms with E-state index >= 15 is 0 Å². The topological polar surface area (TPSA) is 78.9 Å². The first-order valence-corrected chi connectivity index (χ1v) is 10.4. The molecule has 0 radical (unpaired) electrons. The van der Waals surface area contributed by atoms with E-state index in [1.165, 1.54) is 19.3 Å². The highest BCUT2D eigenvalue weighted by Gasteiger charge is 2.57. The largest absolute Gasteiger partial charge is 0.481 e. The van der Waals surface area contributed by atoms with Crippen LogP contribution in [0.1, 0.15) is 71.1 Å². The van der Waals surface area contributed by atoms with Crippen molar-refractivity contribution in [2.45, 2.75) is 89.3 Å². The Morgan fingerprint density at radius 1 is 1.15 bits per heavy atom. The van der Waals surface area contributed by atoms with Crippen LogP contribution in [-0.2, 0) is 9.53 Å². The number of urea groups is 1. The van der Waals surface area contributed by atoms with Crippen molar-refractivity contribution in [2.24, 2.45) is 11.3 Å². The Morgan fingerprint density at radius 3 is 2.38 bits per heavy atom. The third-order valence-corrected chi connectivity index (χ3v) is 7.09. The van der Waals surface area contributed by atoms with Gasteiger partial charge in [-0.2, -0.15) is 0 Å². The number of hydrogen-bond donors (Lipinski definition) is 2. The minimum atomic E-state index is -0.706. The number of nitrogens with zero attached hydrogens (tertiary/aromatic N) is 1. The molecular weight excluding hydrogens is 332 g/mol. The molecule has 3 aliphatic carbocycles. The third kappa shape index (κ3) is 3.71. The highest BCUT2D eigenvalue weighted by molar-refractivity contribution is 5.75. The summed E-state index contributed by atoms with van der Waals surface area (Å²) in [5, 5.41) is 12.3. The highest BCUT2D eigenvalue weighted by Crippen LogP contribution is 2.55. The summed E-state index contributed by atoms with van der Waals surface area (Å²) in [6.07, 6.45) is 10.1. The Morgan fingerprint density at radius 2 is 1.81 bits per heavy atom. The summed E-state index contributed by atoms with van der Waals surface area (Å²) in [5.74, 6) is -0.951. The minimum Gasteiger partial charge on any atom is -0.481 e. The lowest BCUT2D eigenvalue weighted by molar-refractivity contribution is -0.170. The number of carbonyl (C=O) groups excluding carboxylic acids is 1. The van der Waals surface area contributed by atoms with Crippen molar-refractivity contribution in [1.29, 1.82) is 0 Å². The normalized spacial score (nSPS) is 33.3. The van der Waals surface area contributed by atoms with Crippen molar-refractivity contribution in [2.75, 3.05) is 13.7 Å². The average molecular weight is 367 g/mol. The van der Waals surface area contributed by atoms with Crippen molar-refractivity contribution >= 4 is 12.0 Å². The predicted molar refractivity (Wildman–Crippen MR) is 99.0 cm³/mol. The van der Waals surface area contributed by atoms with E-state index in [1.54, 1.807) is 0 Å². The minimum absolute atomic E-state index is 0.00586. The smallest absolute Gasteiger partial charge is 0.317 e. The maximum atomic E-state index is 12.8. The lowest BCUT2D eigenvalue weighted by Crippen LogP contribution is -2.67. The van der Waals surface area contributed by atoms with Gasteiger partial charge < -0.3 is 20.1 Å². The Kier molecular flexibility index (Phi) is 6.10. The first-order valence-electron chi connectivity index (χ1n) is 10.4. The maximum absolute atomic E-state index is 12.8. The molecule has 0 aromatic carbocycles. The van der Waals surface area contributed by atoms with E-state index in [4.69, 9.17) is 9.84 Å². The molecule has 0 aromatic rings. The molecule has 0 bridgehead atoms. The fourth-order valence-corrected chi connectivity index (χ4v) is 5.47. The standard InChI is InChI=1S/C20H34N2O4/c1-3-26-17-13-16(20(17)11-5-4-6-12-20)22(2)19(25)21-15-9-7-14(8-10-15)18(23)24/h14-17H,3-13H2,1-2H3,(H,21,25)(H,23,24). The molecule has 1 spiro atoms. The van der Waals surface area contributed by atoms with Crippen LogP contribution in [0.15, 0.2) is 0 Å². The van der Waals surface area contributed by atoms with Gasteiger partial charge in [-0.05, 0) is 51.9 Å². The van der Waals surface area contributed by atoms with Gasteiger partial charge in [-0.3, -0.25) is 4.79 Å². The Hall–Kier alpha value is -1.30. The fourth-order valence-electron chi connectivity index (χ4n) is 5.47. The number of amides is 2. The van der Waals surface area contributed by atoms with Gasteiger partial charge in [-0.1, -0.05) is 19.3 Å². The van der Waals surface area contributed by atoms with Crippen molar-refractivity contribution in [1.82, 2.24) is 10.2 Å². The van der Waals surface area contributed by atoms with E-state index in [0.717, 1.165) is 38.7 Å². The first-order chi connectivity index (χ1) is 12.5. The van der Waals surface area contributed by atoms with Crippen molar-refractivity contribution < 1.29 is 19.4 Å². The highest BCUT2D eigenvalue weighted by atomic mass is 16.5. The molecule has 0 aromatic heterocycles. The molecule has 6 heteroatoms. The predicted octanol–water partition coefficient (Wildman–Crippen LogP) is 3.40. The Balaban J connectivity index is 1.55. The molecule has 6 nitrogen and oxygen atoms in total. The van der Waals surface area contributed by atoms with Crippen LogP contribution in [0.4, 0.5) is 4.79 Å². The number of aliphatic carboxylic acids is 1. The molecule has 2 N–H and O–H groups in total. The van der Waals surface area contributed by atoms with Gasteiger partial charge in [0, 0.05) is 31.2 Å². The molecule has 2 amide bonds. The van der Waals surface area contributed by atoms with Crippen LogP contribution >= 0.6 is 0 Å². The van der Waals surface area contributed by atoms with Gasteiger partial charge in [0.15, 0.2) is 0 Å². The van der Waals surface area contributed by atoms with E-state index < -0.39 is 5.97 Å². The van der Waals surface area contributed by atoms with E-state index in [-0.39, 0.29) is 29.4 Å². The van der Waals surface area contributed by atoms with Crippen molar-refractivity contribution in [3.8, 4) is 0 Å². The fraction of sp³-hybridized carbons (Fsp3) is 0.900. The molecular formula is C20H34N2O4. The number of ether oxygens (including phenoxy) is 1. The third-order valence-electron chi connectivity index (χ3n) is 7.09. The SMILES string of the molecule is CCOC1CC(N(C)C(=O)NC2CCC(C(=O)O)CC2)C12CCCCC2. The lowest BCUT2D eigenvalue weighted by atomic mass is 9.54. The number of carbonyl (C=O) groups is 2. The number of nitrogens with one attached hydrogen (secondary N) is 1. The summed E-state index contributed by atoms with van der Waals surface area (Å²) < 4.78 is 6.00. The molecule has 148 valence electrons. The molecule has 0 aliphatic heterocycles. The maximum Gasteiger partial charge on any atom is 0.317 e. The number of carboxylic acids is 1. The van der Waals surface area contributed by atoms with E-state index in [0.29, 0.717) is 18.9 Å². The second-order valence-corrected chi connectivity index (χ2v) is 8.44. The summed E-state index contributed by atoms with van der Waals surface area (Å²) >= 11 is 0. The van der Waals surface area contributed by atoms with Gasteiger partial charge in [0.25, 0.3) is 0 Å². The average Bonchev–Trinajstić information content (AvgIpc) is 2.65. The lowest BCUT2D eigenvalue weighted by Gasteiger charge is -2.60. The van der Waals surface area contributed by atoms with Crippen LogP contribution in [0.2, 0.25) is 0 Å². The van der Waals surface area contributed by atoms with Gasteiger partial charge >= 0.3 is 12.0 Å². The summed E-state index contributed by atoms with van der Waals surface area (Å²) in [5.41, 5.74) is 0.140. The van der Waals surface area contributed by atoms with E-state index in [9.17, 15) is 9.59 Å². The van der Waals surface area contributed by atoms with Gasteiger partial charge in [0.1, 0.15) is 0 Å². The van der Waals surface area contributed by atoms with Crippen molar-refractivity contribution in [3.05, 3.63) is 0 Å². The molecule has 2 unspecified atom stereocenters. The summed E-state index contributed by atoms with van der Waals surface area (Å²) in [6.45, 7) is 2.79. The number of rotatable bonds is 5. The number of carboxylic acid groups (broad SMARTS) is 1. The molecule has 2 atom stereocenters. The van der Waals surface area contributed by atoms with Crippen LogP contribution in [0.3, 0.4) is 0 Å². The van der Waals surface area contributed by atoms with Crippen LogP contribution in [0.25, 0.3) is 0 Å². The second-order valence-electron chi connectivity index (χ2n) is 8.44. The van der Waals surface area contributed by atoms with Gasteiger partial charge in [0.05, 0.1) is 12.0 Å². The summed E-state index contributed by atoms with van der Waals surface area (Å²) in [6, 6.07) is 0.356. The summed E-state index contributed by atoms with van der Waals surface area (Å²) in [4.78, 5) is 25.8. The van der Waals surface area contributed by atoms with Crippen molar-refractivity contribution in [3.63, 3.8) is 0 Å². The van der Waals surface area contributed by atoms with Gasteiger partial charge in [0.2, 0.25) is 0 Å². The van der Waals surface area contributed by atoms with Gasteiger partial charge in [-0.25, -0.2) is 4.79 Å². The van der Waals surface area contributed by atoms with Crippen LogP contribution < -0.4 is 5.32 Å². The molecule has 3 saturated carbocycles. The Labute approximate surface area is 156 Å². The molecule has 3 fully saturated rings. The van der Waals surface area contributed by atoms with E-state index in [1.807, 2.05) is 18.9 Å². The molecule has 0 heterocycles. The molecule has 3 aliphatic rings. The molecule has 26 heavy (non-hydrogen) atoms. The quantitative estimate of drug-likeness (QED) is 0.782. The van der Waals surface area contributed by atoms with Crippen LogP contribution in [0, 0.1) is 11.3 Å². The van der Waals surface area contributed by atoms with E-state index in [2.05, 4.69) is 5.32 Å². The second kappa shape index (κ2) is 8.15. The molecule has 3 rings (SSSR count). The zero-order valence-corrected chi connectivity index (χ0v) is 16.2. The van der Waals surface area contributed by atoms with Crippen LogP contribution in [-0.4, -0.2) is 53.8 Å². The zero-order valence-electron chi connectivity index (χ0n) is 16.2. The first kappa shape index (κ1) is 19.5. The molecule has 0 saturated heterocycles. The van der Waals surface area contributed by atoms with Crippen LogP contribution in [0.5, 0.6) is 0 Å². The Bertz CT molecular complexity index is 510.